The SMILES string of the molecule is CC(C)(C)OC(=O)N1CCC(C(=O)N2CCC(C(=O)O)CC2)C1. The first-order valence-electron chi connectivity index (χ1n) is 8.17. The lowest BCUT2D eigenvalue weighted by atomic mass is 9.95. The number of hydrogen-bond donors (Lipinski definition) is 1. The molecule has 1 atom stereocenters. The van der Waals surface area contributed by atoms with E-state index in [0.717, 1.165) is 0 Å². The summed E-state index contributed by atoms with van der Waals surface area (Å²) >= 11 is 0. The van der Waals surface area contributed by atoms with Crippen LogP contribution in [0.1, 0.15) is 40.0 Å². The molecule has 0 radical (unpaired) electrons. The highest BCUT2D eigenvalue weighted by molar-refractivity contribution is 5.81. The van der Waals surface area contributed by atoms with Crippen molar-refractivity contribution in [3.8, 4) is 0 Å². The number of rotatable bonds is 2. The maximum atomic E-state index is 12.5. The molecule has 0 aromatic carbocycles. The standard InChI is InChI=1S/C16H26N2O5/c1-16(2,3)23-15(22)18-9-6-12(10-18)13(19)17-7-4-11(5-8-17)14(20)21/h11-12H,4-10H2,1-3H3,(H,20,21). The van der Waals surface area contributed by atoms with E-state index in [2.05, 4.69) is 0 Å². The van der Waals surface area contributed by atoms with Crippen LogP contribution in [0.4, 0.5) is 4.79 Å². The molecule has 0 spiro atoms. The van der Waals surface area contributed by atoms with Gasteiger partial charge in [0.15, 0.2) is 0 Å². The zero-order chi connectivity index (χ0) is 17.2. The van der Waals surface area contributed by atoms with E-state index in [1.807, 2.05) is 20.8 Å². The molecule has 0 saturated carbocycles. The van der Waals surface area contributed by atoms with Gasteiger partial charge in [-0.25, -0.2) is 4.79 Å². The predicted molar refractivity (Wildman–Crippen MR) is 82.9 cm³/mol. The van der Waals surface area contributed by atoms with Gasteiger partial charge in [-0.3, -0.25) is 9.59 Å². The van der Waals surface area contributed by atoms with Crippen molar-refractivity contribution in [1.82, 2.24) is 9.80 Å². The van der Waals surface area contributed by atoms with Crippen LogP contribution < -0.4 is 0 Å². The summed E-state index contributed by atoms with van der Waals surface area (Å²) in [5.41, 5.74) is -0.544. The van der Waals surface area contributed by atoms with Gasteiger partial charge in [0.1, 0.15) is 5.60 Å². The number of carbonyl (C=O) groups is 3. The lowest BCUT2D eigenvalue weighted by molar-refractivity contribution is -0.146. The molecule has 0 aliphatic carbocycles. The fourth-order valence-corrected chi connectivity index (χ4v) is 3.06. The van der Waals surface area contributed by atoms with Crippen LogP contribution in [-0.4, -0.2) is 64.7 Å². The van der Waals surface area contributed by atoms with Gasteiger partial charge in [-0.15, -0.1) is 0 Å². The van der Waals surface area contributed by atoms with E-state index in [1.54, 1.807) is 9.80 Å². The number of carbonyl (C=O) groups excluding carboxylic acids is 2. The molecule has 0 aromatic rings. The van der Waals surface area contributed by atoms with E-state index in [9.17, 15) is 14.4 Å². The van der Waals surface area contributed by atoms with E-state index in [-0.39, 0.29) is 23.8 Å². The van der Waals surface area contributed by atoms with Crippen LogP contribution in [0.25, 0.3) is 0 Å². The monoisotopic (exact) mass is 326 g/mol. The molecule has 130 valence electrons. The molecule has 0 aromatic heterocycles. The molecule has 2 saturated heterocycles. The number of carboxylic acid groups (broad SMARTS) is 1. The van der Waals surface area contributed by atoms with Gasteiger partial charge in [-0.05, 0) is 40.0 Å². The molecule has 2 heterocycles. The lowest BCUT2D eigenvalue weighted by Gasteiger charge is -2.32. The molecule has 7 heteroatoms. The molecule has 2 amide bonds. The molecule has 1 N–H and O–H groups in total. The number of aliphatic carboxylic acids is 1. The van der Waals surface area contributed by atoms with Crippen LogP contribution >= 0.6 is 0 Å². The Morgan fingerprint density at radius 3 is 2.00 bits per heavy atom. The van der Waals surface area contributed by atoms with Crippen molar-refractivity contribution in [3.05, 3.63) is 0 Å². The average molecular weight is 326 g/mol. The van der Waals surface area contributed by atoms with Crippen LogP contribution in [0, 0.1) is 11.8 Å². The Bertz CT molecular complexity index is 477. The second-order valence-electron chi connectivity index (χ2n) is 7.35. The van der Waals surface area contributed by atoms with Crippen molar-refractivity contribution < 1.29 is 24.2 Å². The third-order valence-corrected chi connectivity index (χ3v) is 4.35. The summed E-state index contributed by atoms with van der Waals surface area (Å²) in [6, 6.07) is 0. The topological polar surface area (TPSA) is 87.2 Å². The molecular formula is C16H26N2O5. The van der Waals surface area contributed by atoms with Crippen LogP contribution in [0.5, 0.6) is 0 Å². The Balaban J connectivity index is 1.83. The van der Waals surface area contributed by atoms with Gasteiger partial charge in [0.25, 0.3) is 0 Å². The predicted octanol–water partition coefficient (Wildman–Crippen LogP) is 1.57. The molecule has 2 rings (SSSR count). The van der Waals surface area contributed by atoms with E-state index in [0.29, 0.717) is 45.4 Å². The minimum Gasteiger partial charge on any atom is -0.481 e. The summed E-state index contributed by atoms with van der Waals surface area (Å²) in [5.74, 6) is -1.31. The number of carboxylic acids is 1. The maximum absolute atomic E-state index is 12.5. The number of hydrogen-bond acceptors (Lipinski definition) is 4. The van der Waals surface area contributed by atoms with Gasteiger partial charge in [0, 0.05) is 26.2 Å². The number of nitrogens with zero attached hydrogens (tertiary/aromatic N) is 2. The van der Waals surface area contributed by atoms with Crippen molar-refractivity contribution >= 4 is 18.0 Å². The van der Waals surface area contributed by atoms with Crippen LogP contribution in [0.3, 0.4) is 0 Å². The van der Waals surface area contributed by atoms with Crippen molar-refractivity contribution in [3.63, 3.8) is 0 Å². The summed E-state index contributed by atoms with van der Waals surface area (Å²) in [6.07, 6.45) is 1.27. The number of ether oxygens (including phenoxy) is 1. The number of piperidine rings is 1. The van der Waals surface area contributed by atoms with E-state index in [4.69, 9.17) is 9.84 Å². The van der Waals surface area contributed by atoms with Gasteiger partial charge in [-0.2, -0.15) is 0 Å². The first-order chi connectivity index (χ1) is 10.7. The molecule has 2 aliphatic heterocycles. The van der Waals surface area contributed by atoms with Gasteiger partial charge in [0.05, 0.1) is 11.8 Å². The largest absolute Gasteiger partial charge is 0.481 e. The zero-order valence-electron chi connectivity index (χ0n) is 14.1. The lowest BCUT2D eigenvalue weighted by Crippen LogP contribution is -2.44. The van der Waals surface area contributed by atoms with E-state index in [1.165, 1.54) is 0 Å². The normalized spacial score (nSPS) is 23.0. The molecule has 0 bridgehead atoms. The minimum atomic E-state index is -0.783. The number of likely N-dealkylation sites (tertiary alicyclic amines) is 2. The highest BCUT2D eigenvalue weighted by Crippen LogP contribution is 2.24. The van der Waals surface area contributed by atoms with Crippen molar-refractivity contribution in [1.29, 1.82) is 0 Å². The minimum absolute atomic E-state index is 0.0277. The summed E-state index contributed by atoms with van der Waals surface area (Å²) < 4.78 is 5.33. The fraction of sp³-hybridized carbons (Fsp3) is 0.812. The van der Waals surface area contributed by atoms with Crippen LogP contribution in [0.2, 0.25) is 0 Å². The summed E-state index contributed by atoms with van der Waals surface area (Å²) in [6.45, 7) is 7.32. The summed E-state index contributed by atoms with van der Waals surface area (Å²) in [5, 5.41) is 9.00. The number of amides is 2. The van der Waals surface area contributed by atoms with Crippen molar-refractivity contribution in [2.24, 2.45) is 11.8 Å². The summed E-state index contributed by atoms with van der Waals surface area (Å²) in [4.78, 5) is 38.8. The molecule has 2 aliphatic rings. The van der Waals surface area contributed by atoms with Gasteiger partial charge in [-0.1, -0.05) is 0 Å². The first kappa shape index (κ1) is 17.6. The van der Waals surface area contributed by atoms with E-state index < -0.39 is 11.6 Å². The van der Waals surface area contributed by atoms with Gasteiger partial charge in [0.2, 0.25) is 5.91 Å². The molecule has 1 unspecified atom stereocenters. The Labute approximate surface area is 136 Å². The Morgan fingerprint density at radius 1 is 0.957 bits per heavy atom. The molecule has 2 fully saturated rings. The first-order valence-corrected chi connectivity index (χ1v) is 8.17. The average Bonchev–Trinajstić information content (AvgIpc) is 2.94. The third kappa shape index (κ3) is 4.59. The van der Waals surface area contributed by atoms with Crippen molar-refractivity contribution in [2.75, 3.05) is 26.2 Å². The van der Waals surface area contributed by atoms with Crippen LogP contribution in [0.15, 0.2) is 0 Å². The fourth-order valence-electron chi connectivity index (χ4n) is 3.06. The molecule has 7 nitrogen and oxygen atoms in total. The zero-order valence-corrected chi connectivity index (χ0v) is 14.1. The Kier molecular flexibility index (Phi) is 5.16. The highest BCUT2D eigenvalue weighted by atomic mass is 16.6. The molecular weight excluding hydrogens is 300 g/mol. The second-order valence-corrected chi connectivity index (χ2v) is 7.35. The smallest absolute Gasteiger partial charge is 0.410 e. The van der Waals surface area contributed by atoms with Gasteiger partial charge >= 0.3 is 12.1 Å². The van der Waals surface area contributed by atoms with E-state index >= 15 is 0 Å². The Hall–Kier alpha value is -1.79. The molecule has 23 heavy (non-hydrogen) atoms. The van der Waals surface area contributed by atoms with Crippen molar-refractivity contribution in [2.45, 2.75) is 45.6 Å². The second kappa shape index (κ2) is 6.76. The summed E-state index contributed by atoms with van der Waals surface area (Å²) in [7, 11) is 0. The van der Waals surface area contributed by atoms with Crippen LogP contribution in [-0.2, 0) is 14.3 Å². The third-order valence-electron chi connectivity index (χ3n) is 4.35. The maximum Gasteiger partial charge on any atom is 0.410 e. The van der Waals surface area contributed by atoms with Gasteiger partial charge < -0.3 is 19.6 Å². The quantitative estimate of drug-likeness (QED) is 0.832. The highest BCUT2D eigenvalue weighted by Gasteiger charge is 2.37. The Morgan fingerprint density at radius 2 is 1.48 bits per heavy atom.